The molecule has 102 valence electrons. The predicted molar refractivity (Wildman–Crippen MR) is 85.6 cm³/mol. The van der Waals surface area contributed by atoms with Gasteiger partial charge in [-0.05, 0) is 52.7 Å². The minimum absolute atomic E-state index is 0.361. The third-order valence-electron chi connectivity index (χ3n) is 3.76. The molecule has 0 saturated heterocycles. The van der Waals surface area contributed by atoms with Crippen LogP contribution in [0.5, 0.6) is 0 Å². The molecule has 1 atom stereocenters. The molecule has 2 heterocycles. The minimum atomic E-state index is 0.361. The van der Waals surface area contributed by atoms with Crippen molar-refractivity contribution < 1.29 is 0 Å². The van der Waals surface area contributed by atoms with Crippen molar-refractivity contribution in [2.45, 2.75) is 26.2 Å². The maximum absolute atomic E-state index is 9.46. The molecule has 3 nitrogen and oxygen atoms in total. The number of hydrogen-bond acceptors (Lipinski definition) is 4. The van der Waals surface area contributed by atoms with Crippen molar-refractivity contribution in [1.29, 1.82) is 5.26 Å². The lowest BCUT2D eigenvalue weighted by Gasteiger charge is -2.24. The monoisotopic (exact) mass is 347 g/mol. The van der Waals surface area contributed by atoms with E-state index in [1.54, 1.807) is 11.3 Å². The number of anilines is 1. The molecule has 0 saturated carbocycles. The van der Waals surface area contributed by atoms with Crippen LogP contribution in [-0.4, -0.2) is 4.98 Å². The van der Waals surface area contributed by atoms with Crippen LogP contribution in [0, 0.1) is 17.2 Å². The molecule has 2 aromatic rings. The Kier molecular flexibility index (Phi) is 3.53. The number of fused-ring (bicyclic) bond motifs is 1. The van der Waals surface area contributed by atoms with E-state index in [2.05, 4.69) is 40.0 Å². The number of aryl methyl sites for hydroxylation is 1. The SMILES string of the molecule is CC1CCc2nc(N)c(C#N)c(-c3cc(Br)cs3)c2C1. The van der Waals surface area contributed by atoms with Gasteiger partial charge in [-0.2, -0.15) is 5.26 Å². The van der Waals surface area contributed by atoms with Crippen molar-refractivity contribution in [3.8, 4) is 16.5 Å². The van der Waals surface area contributed by atoms with E-state index in [1.807, 2.05) is 5.38 Å². The van der Waals surface area contributed by atoms with Crippen molar-refractivity contribution in [1.82, 2.24) is 4.98 Å². The number of nitriles is 1. The molecule has 0 spiro atoms. The smallest absolute Gasteiger partial charge is 0.142 e. The van der Waals surface area contributed by atoms with E-state index >= 15 is 0 Å². The highest BCUT2D eigenvalue weighted by Crippen LogP contribution is 2.40. The zero-order valence-corrected chi connectivity index (χ0v) is 13.5. The standard InChI is InChI=1S/C15H14BrN3S/c1-8-2-3-12-10(4-8)14(11(6-17)15(18)19-12)13-5-9(16)7-20-13/h5,7-8H,2-4H2,1H3,(H2,18,19). The van der Waals surface area contributed by atoms with Crippen LogP contribution < -0.4 is 5.73 Å². The van der Waals surface area contributed by atoms with Crippen molar-refractivity contribution >= 4 is 33.1 Å². The summed E-state index contributed by atoms with van der Waals surface area (Å²) < 4.78 is 1.04. The molecule has 0 radical (unpaired) electrons. The van der Waals surface area contributed by atoms with Gasteiger partial charge in [-0.15, -0.1) is 11.3 Å². The Labute approximate surface area is 130 Å². The van der Waals surface area contributed by atoms with Gasteiger partial charge < -0.3 is 5.73 Å². The largest absolute Gasteiger partial charge is 0.383 e. The van der Waals surface area contributed by atoms with Crippen LogP contribution in [-0.2, 0) is 12.8 Å². The molecular formula is C15H14BrN3S. The first kappa shape index (κ1) is 13.6. The van der Waals surface area contributed by atoms with Crippen molar-refractivity contribution in [2.24, 2.45) is 5.92 Å². The summed E-state index contributed by atoms with van der Waals surface area (Å²) in [6.45, 7) is 2.25. The van der Waals surface area contributed by atoms with Crippen LogP contribution in [0.25, 0.3) is 10.4 Å². The molecule has 1 aliphatic rings. The van der Waals surface area contributed by atoms with Gasteiger partial charge in [0.25, 0.3) is 0 Å². The minimum Gasteiger partial charge on any atom is -0.383 e. The van der Waals surface area contributed by atoms with E-state index in [9.17, 15) is 5.26 Å². The summed E-state index contributed by atoms with van der Waals surface area (Å²) in [4.78, 5) is 5.55. The normalized spacial score (nSPS) is 17.6. The Morgan fingerprint density at radius 3 is 3.00 bits per heavy atom. The van der Waals surface area contributed by atoms with Gasteiger partial charge in [0.05, 0.1) is 0 Å². The number of rotatable bonds is 1. The summed E-state index contributed by atoms with van der Waals surface area (Å²) in [6, 6.07) is 4.30. The Morgan fingerprint density at radius 2 is 2.35 bits per heavy atom. The van der Waals surface area contributed by atoms with Crippen LogP contribution >= 0.6 is 27.3 Å². The lowest BCUT2D eigenvalue weighted by molar-refractivity contribution is 0.495. The van der Waals surface area contributed by atoms with Gasteiger partial charge >= 0.3 is 0 Å². The Bertz CT molecular complexity index is 715. The maximum atomic E-state index is 9.46. The molecule has 0 aromatic carbocycles. The summed E-state index contributed by atoms with van der Waals surface area (Å²) in [5, 5.41) is 11.5. The first-order valence-electron chi connectivity index (χ1n) is 6.56. The molecule has 0 aliphatic heterocycles. The van der Waals surface area contributed by atoms with Gasteiger partial charge in [-0.25, -0.2) is 4.98 Å². The van der Waals surface area contributed by atoms with Crippen LogP contribution in [0.2, 0.25) is 0 Å². The third kappa shape index (κ3) is 2.23. The van der Waals surface area contributed by atoms with Gasteiger partial charge in [-0.3, -0.25) is 0 Å². The average molecular weight is 348 g/mol. The third-order valence-corrected chi connectivity index (χ3v) is 5.47. The number of nitrogens with two attached hydrogens (primary N) is 1. The van der Waals surface area contributed by atoms with Crippen molar-refractivity contribution in [3.63, 3.8) is 0 Å². The van der Waals surface area contributed by atoms with Gasteiger partial charge in [0.2, 0.25) is 0 Å². The molecule has 2 aromatic heterocycles. The molecule has 3 rings (SSSR count). The van der Waals surface area contributed by atoms with Crippen LogP contribution in [0.4, 0.5) is 5.82 Å². The Hall–Kier alpha value is -1.38. The van der Waals surface area contributed by atoms with Gasteiger partial charge in [0, 0.05) is 26.0 Å². The molecule has 0 amide bonds. The fourth-order valence-electron chi connectivity index (χ4n) is 2.78. The van der Waals surface area contributed by atoms with Gasteiger partial charge in [-0.1, -0.05) is 6.92 Å². The van der Waals surface area contributed by atoms with E-state index in [-0.39, 0.29) is 0 Å². The number of thiophene rings is 1. The highest BCUT2D eigenvalue weighted by atomic mass is 79.9. The first-order chi connectivity index (χ1) is 9.60. The molecule has 2 N–H and O–H groups in total. The van der Waals surface area contributed by atoms with Crippen molar-refractivity contribution in [2.75, 3.05) is 5.73 Å². The summed E-state index contributed by atoms with van der Waals surface area (Å²) in [6.07, 6.45) is 3.06. The number of nitrogen functional groups attached to an aromatic ring is 1. The molecule has 20 heavy (non-hydrogen) atoms. The highest BCUT2D eigenvalue weighted by Gasteiger charge is 2.25. The summed E-state index contributed by atoms with van der Waals surface area (Å²) in [7, 11) is 0. The van der Waals surface area contributed by atoms with Crippen LogP contribution in [0.15, 0.2) is 15.9 Å². The fraction of sp³-hybridized carbons (Fsp3) is 0.333. The lowest BCUT2D eigenvalue weighted by Crippen LogP contribution is -2.16. The second kappa shape index (κ2) is 5.19. The quantitative estimate of drug-likeness (QED) is 0.842. The summed E-state index contributed by atoms with van der Waals surface area (Å²) in [5.74, 6) is 0.988. The summed E-state index contributed by atoms with van der Waals surface area (Å²) in [5.41, 5.74) is 9.79. The fourth-order valence-corrected chi connectivity index (χ4v) is 4.29. The Morgan fingerprint density at radius 1 is 1.55 bits per heavy atom. The predicted octanol–water partition coefficient (Wildman–Crippen LogP) is 4.15. The lowest BCUT2D eigenvalue weighted by atomic mass is 9.83. The van der Waals surface area contributed by atoms with Crippen molar-refractivity contribution in [3.05, 3.63) is 32.7 Å². The van der Waals surface area contributed by atoms with E-state index < -0.39 is 0 Å². The van der Waals surface area contributed by atoms with E-state index in [0.717, 1.165) is 39.9 Å². The zero-order chi connectivity index (χ0) is 14.3. The number of hydrogen-bond donors (Lipinski definition) is 1. The highest BCUT2D eigenvalue weighted by molar-refractivity contribution is 9.10. The topological polar surface area (TPSA) is 62.7 Å². The molecule has 0 fully saturated rings. The second-order valence-corrected chi connectivity index (χ2v) is 7.09. The molecule has 0 bridgehead atoms. The van der Waals surface area contributed by atoms with Crippen LogP contribution in [0.1, 0.15) is 30.2 Å². The van der Waals surface area contributed by atoms with Gasteiger partial charge in [0.15, 0.2) is 0 Å². The molecular weight excluding hydrogens is 334 g/mol. The van der Waals surface area contributed by atoms with E-state index in [0.29, 0.717) is 17.3 Å². The second-order valence-electron chi connectivity index (χ2n) is 5.26. The average Bonchev–Trinajstić information content (AvgIpc) is 2.84. The van der Waals surface area contributed by atoms with E-state index in [1.165, 1.54) is 5.56 Å². The van der Waals surface area contributed by atoms with Crippen LogP contribution in [0.3, 0.4) is 0 Å². The molecule has 1 unspecified atom stereocenters. The van der Waals surface area contributed by atoms with Gasteiger partial charge in [0.1, 0.15) is 17.5 Å². The summed E-state index contributed by atoms with van der Waals surface area (Å²) >= 11 is 5.12. The molecule has 1 aliphatic carbocycles. The number of aromatic nitrogens is 1. The maximum Gasteiger partial charge on any atom is 0.142 e. The Balaban J connectivity index is 2.30. The zero-order valence-electron chi connectivity index (χ0n) is 11.1. The first-order valence-corrected chi connectivity index (χ1v) is 8.23. The number of pyridine rings is 1. The molecule has 5 heteroatoms. The number of nitrogens with zero attached hydrogens (tertiary/aromatic N) is 2. The van der Waals surface area contributed by atoms with E-state index in [4.69, 9.17) is 5.73 Å². The number of halogens is 1.